The molecule has 4 aromatic carbocycles. The Labute approximate surface area is 219 Å². The highest BCUT2D eigenvalue weighted by atomic mass is 16.5. The van der Waals surface area contributed by atoms with Crippen LogP contribution in [0.2, 0.25) is 0 Å². The summed E-state index contributed by atoms with van der Waals surface area (Å²) in [5, 5.41) is 15.8. The molecular formula is C32H35NO4. The van der Waals surface area contributed by atoms with Crippen LogP contribution in [0.4, 0.5) is 0 Å². The van der Waals surface area contributed by atoms with Gasteiger partial charge in [-0.2, -0.15) is 0 Å². The third kappa shape index (κ3) is 6.89. The predicted molar refractivity (Wildman–Crippen MR) is 147 cm³/mol. The molecule has 2 atom stereocenters. The quantitative estimate of drug-likeness (QED) is 0.242. The Morgan fingerprint density at radius 3 is 2.49 bits per heavy atom. The maximum atomic E-state index is 10.4. The number of phenolic OH excluding ortho intramolecular Hbond substituents is 1. The zero-order valence-electron chi connectivity index (χ0n) is 21.1. The first-order chi connectivity index (χ1) is 18.3. The fourth-order valence-corrected chi connectivity index (χ4v) is 4.95. The molecule has 0 saturated carbocycles. The van der Waals surface area contributed by atoms with Crippen LogP contribution in [0.5, 0.6) is 11.5 Å². The van der Waals surface area contributed by atoms with E-state index in [-0.39, 0.29) is 6.10 Å². The van der Waals surface area contributed by atoms with E-state index < -0.39 is 0 Å². The largest absolute Gasteiger partial charge is 0.507 e. The molecule has 5 rings (SSSR count). The Balaban J connectivity index is 1.10. The number of nitrogens with one attached hydrogen (secondary N) is 1. The van der Waals surface area contributed by atoms with Crippen LogP contribution in [-0.4, -0.2) is 37.5 Å². The van der Waals surface area contributed by atoms with Crippen molar-refractivity contribution in [1.29, 1.82) is 0 Å². The number of aromatic hydroxyl groups is 1. The van der Waals surface area contributed by atoms with Gasteiger partial charge >= 0.3 is 0 Å². The predicted octanol–water partition coefficient (Wildman–Crippen LogP) is 6.19. The molecule has 0 radical (unpaired) electrons. The molecule has 0 aromatic heterocycles. The molecule has 1 aliphatic heterocycles. The third-order valence-corrected chi connectivity index (χ3v) is 6.91. The highest BCUT2D eigenvalue weighted by Gasteiger charge is 2.27. The highest BCUT2D eigenvalue weighted by molar-refractivity contribution is 5.88. The molecule has 0 spiro atoms. The average molecular weight is 498 g/mol. The van der Waals surface area contributed by atoms with E-state index in [4.69, 9.17) is 14.2 Å². The van der Waals surface area contributed by atoms with Gasteiger partial charge in [0.15, 0.2) is 0 Å². The van der Waals surface area contributed by atoms with Crippen LogP contribution in [0, 0.1) is 0 Å². The van der Waals surface area contributed by atoms with Crippen LogP contribution in [0.15, 0.2) is 91.0 Å². The number of piperidine rings is 1. The minimum Gasteiger partial charge on any atom is -0.507 e. The molecular weight excluding hydrogens is 462 g/mol. The van der Waals surface area contributed by atoms with Gasteiger partial charge in [-0.05, 0) is 59.3 Å². The van der Waals surface area contributed by atoms with E-state index in [2.05, 4.69) is 47.8 Å². The molecule has 1 heterocycles. The Bertz CT molecular complexity index is 1260. The van der Waals surface area contributed by atoms with Gasteiger partial charge in [-0.15, -0.1) is 0 Å². The Morgan fingerprint density at radius 1 is 0.811 bits per heavy atom. The number of benzene rings is 4. The first-order valence-corrected chi connectivity index (χ1v) is 13.1. The first kappa shape index (κ1) is 25.3. The molecule has 0 bridgehead atoms. The van der Waals surface area contributed by atoms with Gasteiger partial charge in [0.05, 0.1) is 32.5 Å². The molecule has 1 saturated heterocycles. The minimum atomic E-state index is 0.0656. The lowest BCUT2D eigenvalue weighted by Crippen LogP contribution is -2.40. The van der Waals surface area contributed by atoms with Gasteiger partial charge in [-0.1, -0.05) is 66.7 Å². The molecule has 0 aliphatic carbocycles. The molecule has 1 aliphatic rings. The van der Waals surface area contributed by atoms with Crippen LogP contribution < -0.4 is 10.1 Å². The number of phenols is 1. The molecule has 192 valence electrons. The van der Waals surface area contributed by atoms with E-state index in [9.17, 15) is 5.11 Å². The second-order valence-corrected chi connectivity index (χ2v) is 9.59. The minimum absolute atomic E-state index is 0.0656. The summed E-state index contributed by atoms with van der Waals surface area (Å²) >= 11 is 0. The van der Waals surface area contributed by atoms with Gasteiger partial charge in [0.1, 0.15) is 11.5 Å². The molecule has 37 heavy (non-hydrogen) atoms. The van der Waals surface area contributed by atoms with Crippen LogP contribution in [0.3, 0.4) is 0 Å². The Hall–Kier alpha value is -3.38. The first-order valence-electron chi connectivity index (χ1n) is 13.1. The number of hydrogen-bond acceptors (Lipinski definition) is 5. The average Bonchev–Trinajstić information content (AvgIpc) is 2.95. The van der Waals surface area contributed by atoms with Gasteiger partial charge in [0.2, 0.25) is 0 Å². The summed E-state index contributed by atoms with van der Waals surface area (Å²) in [5.74, 6) is 1.49. The van der Waals surface area contributed by atoms with Gasteiger partial charge in [0.25, 0.3) is 0 Å². The zero-order valence-corrected chi connectivity index (χ0v) is 21.1. The summed E-state index contributed by atoms with van der Waals surface area (Å²) in [6.07, 6.45) is 1.94. The van der Waals surface area contributed by atoms with Crippen molar-refractivity contribution < 1.29 is 19.3 Å². The fourth-order valence-electron chi connectivity index (χ4n) is 4.95. The van der Waals surface area contributed by atoms with Crippen molar-refractivity contribution in [2.75, 3.05) is 26.3 Å². The fraction of sp³-hybridized carbons (Fsp3) is 0.312. The van der Waals surface area contributed by atoms with Gasteiger partial charge in [0, 0.05) is 24.3 Å². The van der Waals surface area contributed by atoms with E-state index in [0.717, 1.165) is 48.0 Å². The van der Waals surface area contributed by atoms with Gasteiger partial charge in [-0.25, -0.2) is 0 Å². The van der Waals surface area contributed by atoms with Crippen molar-refractivity contribution in [2.45, 2.75) is 38.1 Å². The molecule has 2 N–H and O–H groups in total. The summed E-state index contributed by atoms with van der Waals surface area (Å²) in [7, 11) is 0. The lowest BCUT2D eigenvalue weighted by molar-refractivity contribution is 0.0106. The second kappa shape index (κ2) is 12.7. The maximum absolute atomic E-state index is 10.4. The molecule has 5 heteroatoms. The number of rotatable bonds is 11. The standard InChI is InChI=1S/C32H35NO4/c34-31-20-25(19-27-9-4-5-10-29(27)31)23-37-32-21-33-16-15-30(32)26-11-13-28(14-12-26)36-18-6-17-35-22-24-7-2-1-3-8-24/h1-5,7-14,19-20,30,32-34H,6,15-18,21-23H2. The lowest BCUT2D eigenvalue weighted by Gasteiger charge is -2.32. The SMILES string of the molecule is Oc1cc(COC2CNCCC2c2ccc(OCCCOCc3ccccc3)cc2)cc2ccccc12. The molecule has 0 amide bonds. The third-order valence-electron chi connectivity index (χ3n) is 6.91. The van der Waals surface area contributed by atoms with E-state index in [1.165, 1.54) is 11.1 Å². The van der Waals surface area contributed by atoms with Crippen LogP contribution >= 0.6 is 0 Å². The maximum Gasteiger partial charge on any atom is 0.123 e. The molecule has 2 unspecified atom stereocenters. The second-order valence-electron chi connectivity index (χ2n) is 9.59. The summed E-state index contributed by atoms with van der Waals surface area (Å²) in [6.45, 7) is 4.20. The van der Waals surface area contributed by atoms with E-state index >= 15 is 0 Å². The lowest BCUT2D eigenvalue weighted by atomic mass is 9.87. The van der Waals surface area contributed by atoms with Crippen LogP contribution in [-0.2, 0) is 22.7 Å². The Morgan fingerprint density at radius 2 is 1.62 bits per heavy atom. The normalized spacial score (nSPS) is 17.6. The van der Waals surface area contributed by atoms with Crippen molar-refractivity contribution in [2.24, 2.45) is 0 Å². The Kier molecular flexibility index (Phi) is 8.70. The number of hydrogen-bond donors (Lipinski definition) is 2. The van der Waals surface area contributed by atoms with Crippen molar-refractivity contribution in [3.05, 3.63) is 108 Å². The molecule has 1 fully saturated rings. The summed E-state index contributed by atoms with van der Waals surface area (Å²) < 4.78 is 18.1. The topological polar surface area (TPSA) is 60.0 Å². The van der Waals surface area contributed by atoms with E-state index in [1.807, 2.05) is 48.5 Å². The van der Waals surface area contributed by atoms with Crippen LogP contribution in [0.1, 0.15) is 35.4 Å². The summed E-state index contributed by atoms with van der Waals surface area (Å²) in [5.41, 5.74) is 3.44. The monoisotopic (exact) mass is 497 g/mol. The highest BCUT2D eigenvalue weighted by Crippen LogP contribution is 2.31. The molecule has 5 nitrogen and oxygen atoms in total. The van der Waals surface area contributed by atoms with E-state index in [0.29, 0.717) is 38.1 Å². The summed E-state index contributed by atoms with van der Waals surface area (Å²) in [6, 6.07) is 30.4. The van der Waals surface area contributed by atoms with Crippen molar-refractivity contribution >= 4 is 10.8 Å². The molecule has 4 aromatic rings. The smallest absolute Gasteiger partial charge is 0.123 e. The van der Waals surface area contributed by atoms with Crippen molar-refractivity contribution in [3.8, 4) is 11.5 Å². The zero-order chi connectivity index (χ0) is 25.3. The van der Waals surface area contributed by atoms with Crippen LogP contribution in [0.25, 0.3) is 10.8 Å². The number of fused-ring (bicyclic) bond motifs is 1. The van der Waals surface area contributed by atoms with E-state index in [1.54, 1.807) is 0 Å². The van der Waals surface area contributed by atoms with Gasteiger partial charge in [-0.3, -0.25) is 0 Å². The van der Waals surface area contributed by atoms with Gasteiger partial charge < -0.3 is 24.6 Å². The van der Waals surface area contributed by atoms with Crippen molar-refractivity contribution in [3.63, 3.8) is 0 Å². The van der Waals surface area contributed by atoms with Crippen molar-refractivity contribution in [1.82, 2.24) is 5.32 Å². The summed E-state index contributed by atoms with van der Waals surface area (Å²) in [4.78, 5) is 0. The number of ether oxygens (including phenoxy) is 3.